The SMILES string of the molecule is O=C(c1cnc(C2CC2)nc1)N1CCN(CCc2ccncc2)CC1. The van der Waals surface area contributed by atoms with Crippen LogP contribution < -0.4 is 0 Å². The smallest absolute Gasteiger partial charge is 0.257 e. The van der Waals surface area contributed by atoms with Gasteiger partial charge in [-0.25, -0.2) is 9.97 Å². The van der Waals surface area contributed by atoms with Crippen LogP contribution in [0.2, 0.25) is 0 Å². The van der Waals surface area contributed by atoms with E-state index in [-0.39, 0.29) is 5.91 Å². The van der Waals surface area contributed by atoms with Crippen LogP contribution in [-0.4, -0.2) is 63.4 Å². The first-order chi connectivity index (χ1) is 12.3. The number of hydrogen-bond donors (Lipinski definition) is 0. The average Bonchev–Trinajstić information content (AvgIpc) is 3.53. The summed E-state index contributed by atoms with van der Waals surface area (Å²) in [5, 5.41) is 0. The second kappa shape index (κ2) is 7.27. The molecule has 0 radical (unpaired) electrons. The van der Waals surface area contributed by atoms with E-state index in [4.69, 9.17) is 0 Å². The Balaban J connectivity index is 1.26. The second-order valence-corrected chi connectivity index (χ2v) is 6.84. The molecule has 1 saturated carbocycles. The molecular weight excluding hydrogens is 314 g/mol. The highest BCUT2D eigenvalue weighted by molar-refractivity contribution is 5.93. The maximum Gasteiger partial charge on any atom is 0.257 e. The van der Waals surface area contributed by atoms with Crippen LogP contribution in [0.3, 0.4) is 0 Å². The number of amides is 1. The van der Waals surface area contributed by atoms with Gasteiger partial charge in [-0.05, 0) is 37.0 Å². The molecule has 0 aromatic carbocycles. The number of piperazine rings is 1. The summed E-state index contributed by atoms with van der Waals surface area (Å²) in [5.74, 6) is 1.46. The maximum absolute atomic E-state index is 12.6. The molecule has 25 heavy (non-hydrogen) atoms. The minimum Gasteiger partial charge on any atom is -0.336 e. The predicted octanol–water partition coefficient (Wildman–Crippen LogP) is 1.75. The van der Waals surface area contributed by atoms with Gasteiger partial charge in [-0.3, -0.25) is 14.7 Å². The molecule has 2 fully saturated rings. The normalized spacial score (nSPS) is 18.3. The molecule has 1 aliphatic heterocycles. The van der Waals surface area contributed by atoms with Gasteiger partial charge < -0.3 is 4.90 Å². The van der Waals surface area contributed by atoms with Crippen molar-refractivity contribution in [2.75, 3.05) is 32.7 Å². The van der Waals surface area contributed by atoms with Gasteiger partial charge in [0.15, 0.2) is 0 Å². The molecule has 6 heteroatoms. The quantitative estimate of drug-likeness (QED) is 0.832. The highest BCUT2D eigenvalue weighted by atomic mass is 16.2. The molecule has 1 amide bonds. The maximum atomic E-state index is 12.6. The summed E-state index contributed by atoms with van der Waals surface area (Å²) >= 11 is 0. The van der Waals surface area contributed by atoms with E-state index < -0.39 is 0 Å². The number of carbonyl (C=O) groups is 1. The summed E-state index contributed by atoms with van der Waals surface area (Å²) in [6.45, 7) is 4.38. The van der Waals surface area contributed by atoms with Crippen molar-refractivity contribution in [2.24, 2.45) is 0 Å². The third-order valence-electron chi connectivity index (χ3n) is 4.99. The highest BCUT2D eigenvalue weighted by Gasteiger charge is 2.27. The summed E-state index contributed by atoms with van der Waals surface area (Å²) in [6.07, 6.45) is 10.4. The van der Waals surface area contributed by atoms with Crippen LogP contribution in [0.15, 0.2) is 36.9 Å². The van der Waals surface area contributed by atoms with Crippen molar-refractivity contribution in [3.63, 3.8) is 0 Å². The van der Waals surface area contributed by atoms with Crippen LogP contribution in [0, 0.1) is 0 Å². The summed E-state index contributed by atoms with van der Waals surface area (Å²) in [7, 11) is 0. The Morgan fingerprint density at radius 3 is 2.36 bits per heavy atom. The molecule has 0 unspecified atom stereocenters. The Hall–Kier alpha value is -2.34. The first kappa shape index (κ1) is 16.1. The van der Waals surface area contributed by atoms with E-state index >= 15 is 0 Å². The molecule has 3 heterocycles. The minimum absolute atomic E-state index is 0.0520. The molecule has 6 nitrogen and oxygen atoms in total. The topological polar surface area (TPSA) is 62.2 Å². The highest BCUT2D eigenvalue weighted by Crippen LogP contribution is 2.37. The van der Waals surface area contributed by atoms with E-state index in [2.05, 4.69) is 32.0 Å². The van der Waals surface area contributed by atoms with Crippen molar-refractivity contribution in [1.82, 2.24) is 24.8 Å². The average molecular weight is 337 g/mol. The molecule has 0 N–H and O–H groups in total. The Kier molecular flexibility index (Phi) is 4.70. The van der Waals surface area contributed by atoms with E-state index in [0.717, 1.165) is 45.0 Å². The van der Waals surface area contributed by atoms with E-state index in [9.17, 15) is 4.79 Å². The van der Waals surface area contributed by atoms with Crippen molar-refractivity contribution in [1.29, 1.82) is 0 Å². The molecule has 0 spiro atoms. The van der Waals surface area contributed by atoms with E-state index in [1.807, 2.05) is 17.3 Å². The van der Waals surface area contributed by atoms with Gasteiger partial charge in [0.1, 0.15) is 5.82 Å². The van der Waals surface area contributed by atoms with E-state index in [1.165, 1.54) is 18.4 Å². The van der Waals surface area contributed by atoms with Crippen molar-refractivity contribution in [2.45, 2.75) is 25.2 Å². The fourth-order valence-electron chi connectivity index (χ4n) is 3.19. The zero-order valence-electron chi connectivity index (χ0n) is 14.3. The molecule has 2 aliphatic rings. The second-order valence-electron chi connectivity index (χ2n) is 6.84. The first-order valence-corrected chi connectivity index (χ1v) is 9.02. The molecule has 0 atom stereocenters. The van der Waals surface area contributed by atoms with Gasteiger partial charge in [0.05, 0.1) is 5.56 Å². The summed E-state index contributed by atoms with van der Waals surface area (Å²) < 4.78 is 0. The van der Waals surface area contributed by atoms with Crippen molar-refractivity contribution < 1.29 is 4.79 Å². The minimum atomic E-state index is 0.0520. The Bertz CT molecular complexity index is 706. The molecule has 1 aliphatic carbocycles. The molecule has 130 valence electrons. The van der Waals surface area contributed by atoms with Gasteiger partial charge in [-0.1, -0.05) is 0 Å². The lowest BCUT2D eigenvalue weighted by Gasteiger charge is -2.34. The fraction of sp³-hybridized carbons (Fsp3) is 0.474. The van der Waals surface area contributed by atoms with Gasteiger partial charge >= 0.3 is 0 Å². The van der Waals surface area contributed by atoms with E-state index in [1.54, 1.807) is 12.4 Å². The van der Waals surface area contributed by atoms with Crippen LogP contribution in [0.1, 0.15) is 40.5 Å². The van der Waals surface area contributed by atoms with Crippen LogP contribution >= 0.6 is 0 Å². The van der Waals surface area contributed by atoms with Crippen LogP contribution in [0.25, 0.3) is 0 Å². The van der Waals surface area contributed by atoms with Gasteiger partial charge in [-0.15, -0.1) is 0 Å². The lowest BCUT2D eigenvalue weighted by molar-refractivity contribution is 0.0637. The van der Waals surface area contributed by atoms with E-state index in [0.29, 0.717) is 11.5 Å². The first-order valence-electron chi connectivity index (χ1n) is 9.02. The number of carbonyl (C=O) groups excluding carboxylic acids is 1. The molecule has 2 aromatic heterocycles. The molecule has 1 saturated heterocycles. The zero-order chi connectivity index (χ0) is 17.1. The van der Waals surface area contributed by atoms with Gasteiger partial charge in [0, 0.05) is 63.4 Å². The predicted molar refractivity (Wildman–Crippen MR) is 94.3 cm³/mol. The van der Waals surface area contributed by atoms with Gasteiger partial charge in [-0.2, -0.15) is 0 Å². The van der Waals surface area contributed by atoms with Crippen LogP contribution in [0.5, 0.6) is 0 Å². The van der Waals surface area contributed by atoms with Crippen molar-refractivity contribution in [3.05, 3.63) is 53.9 Å². The lowest BCUT2D eigenvalue weighted by atomic mass is 10.2. The van der Waals surface area contributed by atoms with Crippen LogP contribution in [-0.2, 0) is 6.42 Å². The van der Waals surface area contributed by atoms with Gasteiger partial charge in [0.2, 0.25) is 0 Å². The Morgan fingerprint density at radius 1 is 1.04 bits per heavy atom. The third kappa shape index (κ3) is 4.02. The molecule has 4 rings (SSSR count). The number of hydrogen-bond acceptors (Lipinski definition) is 5. The van der Waals surface area contributed by atoms with Crippen molar-refractivity contribution >= 4 is 5.91 Å². The number of nitrogens with zero attached hydrogens (tertiary/aromatic N) is 5. The monoisotopic (exact) mass is 337 g/mol. The standard InChI is InChI=1S/C19H23N5O/c25-19(17-13-21-18(22-14-17)16-1-2-16)24-11-9-23(10-12-24)8-5-15-3-6-20-7-4-15/h3-4,6-7,13-14,16H,1-2,5,8-12H2. The molecule has 2 aromatic rings. The fourth-order valence-corrected chi connectivity index (χ4v) is 3.19. The van der Waals surface area contributed by atoms with Crippen molar-refractivity contribution in [3.8, 4) is 0 Å². The summed E-state index contributed by atoms with van der Waals surface area (Å²) in [4.78, 5) is 29.7. The Morgan fingerprint density at radius 2 is 1.72 bits per heavy atom. The third-order valence-corrected chi connectivity index (χ3v) is 4.99. The largest absolute Gasteiger partial charge is 0.336 e. The molecular formula is C19H23N5O. The summed E-state index contributed by atoms with van der Waals surface area (Å²) in [5.41, 5.74) is 1.91. The van der Waals surface area contributed by atoms with Crippen LogP contribution in [0.4, 0.5) is 0 Å². The van der Waals surface area contributed by atoms with Gasteiger partial charge in [0.25, 0.3) is 5.91 Å². The zero-order valence-corrected chi connectivity index (χ0v) is 14.3. The lowest BCUT2D eigenvalue weighted by Crippen LogP contribution is -2.49. The number of aromatic nitrogens is 3. The number of rotatable bonds is 5. The Labute approximate surface area is 147 Å². The number of pyridine rings is 1. The molecule has 0 bridgehead atoms. The summed E-state index contributed by atoms with van der Waals surface area (Å²) in [6, 6.07) is 4.12.